The minimum absolute atomic E-state index is 0.152. The lowest BCUT2D eigenvalue weighted by molar-refractivity contribution is -0.142. The number of ether oxygens (including phenoxy) is 1. The molecular weight excluding hydrogens is 236 g/mol. The monoisotopic (exact) mass is 256 g/mol. The third kappa shape index (κ3) is 2.93. The summed E-state index contributed by atoms with van der Waals surface area (Å²) in [5, 5.41) is 11.8. The highest BCUT2D eigenvalue weighted by Gasteiger charge is 2.38. The van der Waals surface area contributed by atoms with E-state index < -0.39 is 17.9 Å². The lowest BCUT2D eigenvalue weighted by Gasteiger charge is -2.25. The molecule has 2 atom stereocenters. The molecule has 6 heteroatoms. The van der Waals surface area contributed by atoms with Crippen LogP contribution in [-0.4, -0.2) is 53.8 Å². The average Bonchev–Trinajstić information content (AvgIpc) is 3.05. The van der Waals surface area contributed by atoms with Crippen molar-refractivity contribution in [3.63, 3.8) is 0 Å². The first-order chi connectivity index (χ1) is 8.63. The molecule has 0 spiro atoms. The first-order valence-corrected chi connectivity index (χ1v) is 6.51. The first-order valence-electron chi connectivity index (χ1n) is 6.51. The van der Waals surface area contributed by atoms with Crippen LogP contribution in [0.5, 0.6) is 0 Å². The second-order valence-electron chi connectivity index (χ2n) is 4.96. The Bertz CT molecular complexity index is 330. The van der Waals surface area contributed by atoms with E-state index in [1.807, 2.05) is 11.8 Å². The molecule has 0 aromatic rings. The van der Waals surface area contributed by atoms with Crippen LogP contribution in [0.15, 0.2) is 0 Å². The fraction of sp³-hybridized carbons (Fsp3) is 0.833. The summed E-state index contributed by atoms with van der Waals surface area (Å²) >= 11 is 0. The van der Waals surface area contributed by atoms with Gasteiger partial charge in [0.25, 0.3) is 0 Å². The number of nitrogens with one attached hydrogen (secondary N) is 1. The van der Waals surface area contributed by atoms with Crippen molar-refractivity contribution < 1.29 is 19.4 Å². The predicted molar refractivity (Wildman–Crippen MR) is 64.3 cm³/mol. The highest BCUT2D eigenvalue weighted by molar-refractivity contribution is 5.77. The van der Waals surface area contributed by atoms with Crippen molar-refractivity contribution in [3.8, 4) is 0 Å². The minimum atomic E-state index is -0.911. The predicted octanol–water partition coefficient (Wildman–Crippen LogP) is 0.670. The summed E-state index contributed by atoms with van der Waals surface area (Å²) in [7, 11) is 0. The van der Waals surface area contributed by atoms with Gasteiger partial charge in [-0.25, -0.2) is 4.79 Å². The summed E-state index contributed by atoms with van der Waals surface area (Å²) in [4.78, 5) is 24.9. The summed E-state index contributed by atoms with van der Waals surface area (Å²) in [5.41, 5.74) is 0. The number of carboxylic acids is 1. The van der Waals surface area contributed by atoms with Crippen LogP contribution < -0.4 is 5.32 Å². The molecule has 1 aliphatic carbocycles. The zero-order valence-electron chi connectivity index (χ0n) is 10.6. The van der Waals surface area contributed by atoms with Gasteiger partial charge >= 0.3 is 12.0 Å². The number of aliphatic carboxylic acids is 1. The maximum Gasteiger partial charge on any atom is 0.317 e. The van der Waals surface area contributed by atoms with Crippen LogP contribution in [-0.2, 0) is 9.53 Å². The van der Waals surface area contributed by atoms with Crippen LogP contribution in [0.4, 0.5) is 4.79 Å². The summed E-state index contributed by atoms with van der Waals surface area (Å²) < 4.78 is 5.13. The van der Waals surface area contributed by atoms with Gasteiger partial charge in [0.1, 0.15) is 5.92 Å². The highest BCUT2D eigenvalue weighted by Crippen LogP contribution is 2.27. The molecule has 102 valence electrons. The van der Waals surface area contributed by atoms with Gasteiger partial charge in [-0.1, -0.05) is 6.92 Å². The topological polar surface area (TPSA) is 78.9 Å². The van der Waals surface area contributed by atoms with Crippen LogP contribution in [0.3, 0.4) is 0 Å². The molecule has 1 saturated carbocycles. The number of rotatable bonds is 5. The third-order valence-electron chi connectivity index (χ3n) is 3.42. The molecule has 1 heterocycles. The van der Waals surface area contributed by atoms with Crippen molar-refractivity contribution in [3.05, 3.63) is 0 Å². The molecule has 2 amide bonds. The van der Waals surface area contributed by atoms with Gasteiger partial charge in [-0.2, -0.15) is 0 Å². The van der Waals surface area contributed by atoms with Crippen LogP contribution in [0.2, 0.25) is 0 Å². The lowest BCUT2D eigenvalue weighted by atomic mass is 10.0. The van der Waals surface area contributed by atoms with Crippen LogP contribution in [0.25, 0.3) is 0 Å². The van der Waals surface area contributed by atoms with E-state index in [0.717, 1.165) is 25.8 Å². The van der Waals surface area contributed by atoms with Gasteiger partial charge in [0, 0.05) is 12.6 Å². The van der Waals surface area contributed by atoms with Gasteiger partial charge in [-0.15, -0.1) is 0 Å². The highest BCUT2D eigenvalue weighted by atomic mass is 16.5. The zero-order chi connectivity index (χ0) is 13.1. The molecule has 1 saturated heterocycles. The van der Waals surface area contributed by atoms with Gasteiger partial charge in [0.05, 0.1) is 19.3 Å². The van der Waals surface area contributed by atoms with Crippen molar-refractivity contribution in [1.29, 1.82) is 0 Å². The Morgan fingerprint density at radius 1 is 1.39 bits per heavy atom. The van der Waals surface area contributed by atoms with E-state index in [9.17, 15) is 9.59 Å². The van der Waals surface area contributed by atoms with Gasteiger partial charge < -0.3 is 20.1 Å². The molecule has 1 aliphatic heterocycles. The van der Waals surface area contributed by atoms with Crippen molar-refractivity contribution >= 4 is 12.0 Å². The SMILES string of the molecule is CCCN(C(=O)NC1COCC1C(=O)O)C1CC1. The summed E-state index contributed by atoms with van der Waals surface area (Å²) in [6, 6.07) is -0.218. The Morgan fingerprint density at radius 2 is 2.11 bits per heavy atom. The van der Waals surface area contributed by atoms with Crippen molar-refractivity contribution in [2.45, 2.75) is 38.3 Å². The Labute approximate surface area is 106 Å². The van der Waals surface area contributed by atoms with E-state index in [-0.39, 0.29) is 19.2 Å². The Balaban J connectivity index is 1.90. The van der Waals surface area contributed by atoms with Crippen molar-refractivity contribution in [1.82, 2.24) is 10.2 Å². The maximum atomic E-state index is 12.1. The number of carbonyl (C=O) groups is 2. The van der Waals surface area contributed by atoms with Crippen LogP contribution in [0, 0.1) is 5.92 Å². The smallest absolute Gasteiger partial charge is 0.317 e. The van der Waals surface area contributed by atoms with Crippen molar-refractivity contribution in [2.75, 3.05) is 19.8 Å². The number of amides is 2. The molecular formula is C12H20N2O4. The van der Waals surface area contributed by atoms with Gasteiger partial charge in [-0.05, 0) is 19.3 Å². The lowest BCUT2D eigenvalue weighted by Crippen LogP contribution is -2.49. The quantitative estimate of drug-likeness (QED) is 0.757. The maximum absolute atomic E-state index is 12.1. The summed E-state index contributed by atoms with van der Waals surface area (Å²) in [5.74, 6) is -1.54. The molecule has 2 aliphatic rings. The second kappa shape index (κ2) is 5.56. The number of urea groups is 1. The number of hydrogen-bond donors (Lipinski definition) is 2. The standard InChI is InChI=1S/C12H20N2O4/c1-2-5-14(8-3-4-8)12(17)13-10-7-18-6-9(10)11(15)16/h8-10H,2-7H2,1H3,(H,13,17)(H,15,16). The minimum Gasteiger partial charge on any atom is -0.481 e. The molecule has 6 nitrogen and oxygen atoms in total. The second-order valence-corrected chi connectivity index (χ2v) is 4.96. The van der Waals surface area contributed by atoms with E-state index in [1.165, 1.54) is 0 Å². The average molecular weight is 256 g/mol. The van der Waals surface area contributed by atoms with Crippen LogP contribution >= 0.6 is 0 Å². The van der Waals surface area contributed by atoms with E-state index in [2.05, 4.69) is 5.32 Å². The molecule has 2 rings (SSSR count). The molecule has 2 fully saturated rings. The zero-order valence-corrected chi connectivity index (χ0v) is 10.6. The first kappa shape index (κ1) is 13.1. The van der Waals surface area contributed by atoms with Gasteiger partial charge in [0.15, 0.2) is 0 Å². The molecule has 0 bridgehead atoms. The number of hydrogen-bond acceptors (Lipinski definition) is 3. The number of nitrogens with zero attached hydrogens (tertiary/aromatic N) is 1. The van der Waals surface area contributed by atoms with Crippen LogP contribution in [0.1, 0.15) is 26.2 Å². The largest absolute Gasteiger partial charge is 0.481 e. The normalized spacial score (nSPS) is 26.9. The third-order valence-corrected chi connectivity index (χ3v) is 3.42. The van der Waals surface area contributed by atoms with E-state index in [4.69, 9.17) is 9.84 Å². The Kier molecular flexibility index (Phi) is 4.06. The Hall–Kier alpha value is -1.30. The number of carbonyl (C=O) groups excluding carboxylic acids is 1. The molecule has 18 heavy (non-hydrogen) atoms. The summed E-state index contributed by atoms with van der Waals surface area (Å²) in [6.07, 6.45) is 3.02. The fourth-order valence-electron chi connectivity index (χ4n) is 2.26. The molecule has 2 N–H and O–H groups in total. The fourth-order valence-corrected chi connectivity index (χ4v) is 2.26. The molecule has 2 unspecified atom stereocenters. The molecule has 0 radical (unpaired) electrons. The molecule has 0 aromatic heterocycles. The van der Waals surface area contributed by atoms with E-state index in [1.54, 1.807) is 0 Å². The molecule has 0 aromatic carbocycles. The van der Waals surface area contributed by atoms with E-state index in [0.29, 0.717) is 6.04 Å². The van der Waals surface area contributed by atoms with Gasteiger partial charge in [-0.3, -0.25) is 4.79 Å². The number of carboxylic acid groups (broad SMARTS) is 1. The van der Waals surface area contributed by atoms with Gasteiger partial charge in [0.2, 0.25) is 0 Å². The Morgan fingerprint density at radius 3 is 2.67 bits per heavy atom. The summed E-state index contributed by atoms with van der Waals surface area (Å²) in [6.45, 7) is 3.22. The van der Waals surface area contributed by atoms with E-state index >= 15 is 0 Å². The van der Waals surface area contributed by atoms with Crippen molar-refractivity contribution in [2.24, 2.45) is 5.92 Å².